The maximum Gasteiger partial charge on any atom is 0.328 e. The van der Waals surface area contributed by atoms with Gasteiger partial charge in [0.05, 0.1) is 5.76 Å². The molecule has 2 aromatic carbocycles. The fraction of sp³-hybridized carbons (Fsp3) is 0.300. The fourth-order valence-electron chi connectivity index (χ4n) is 3.27. The van der Waals surface area contributed by atoms with Gasteiger partial charge in [0.1, 0.15) is 12.2 Å². The molecule has 23 heavy (non-hydrogen) atoms. The van der Waals surface area contributed by atoms with E-state index in [2.05, 4.69) is 30.3 Å². The Kier molecular flexibility index (Phi) is 3.68. The van der Waals surface area contributed by atoms with Crippen LogP contribution < -0.4 is 0 Å². The molecule has 0 bridgehead atoms. The number of hydrogen-bond donors (Lipinski definition) is 0. The Balaban J connectivity index is 1.71. The van der Waals surface area contributed by atoms with Crippen LogP contribution in [0.2, 0.25) is 0 Å². The van der Waals surface area contributed by atoms with Gasteiger partial charge in [-0.1, -0.05) is 60.7 Å². The third kappa shape index (κ3) is 2.78. The topological polar surface area (TPSA) is 27.7 Å². The quantitative estimate of drug-likeness (QED) is 0.791. The molecule has 3 nitrogen and oxygen atoms in total. The molecule has 0 aromatic heterocycles. The molecule has 2 heterocycles. The first-order valence-electron chi connectivity index (χ1n) is 8.07. The van der Waals surface area contributed by atoms with Crippen LogP contribution in [0.4, 0.5) is 0 Å². The summed E-state index contributed by atoms with van der Waals surface area (Å²) in [5.41, 5.74) is 2.21. The molecule has 1 saturated heterocycles. The summed E-state index contributed by atoms with van der Waals surface area (Å²) in [4.78, 5) is 0. The van der Waals surface area contributed by atoms with Crippen LogP contribution in [0.15, 0.2) is 72.5 Å². The van der Waals surface area contributed by atoms with Gasteiger partial charge in [-0.2, -0.15) is 0 Å². The second-order valence-corrected chi connectivity index (χ2v) is 6.04. The average molecular weight is 308 g/mol. The van der Waals surface area contributed by atoms with Crippen LogP contribution in [-0.2, 0) is 14.2 Å². The summed E-state index contributed by atoms with van der Waals surface area (Å²) in [7, 11) is 0. The minimum Gasteiger partial charge on any atom is -0.444 e. The zero-order valence-corrected chi connectivity index (χ0v) is 13.1. The molecule has 1 fully saturated rings. The van der Waals surface area contributed by atoms with Crippen LogP contribution in [0.25, 0.3) is 0 Å². The number of ether oxygens (including phenoxy) is 3. The lowest BCUT2D eigenvalue weighted by molar-refractivity contribution is -0.333. The molecule has 0 N–H and O–H groups in total. The lowest BCUT2D eigenvalue weighted by atomic mass is 9.99. The highest BCUT2D eigenvalue weighted by Crippen LogP contribution is 2.50. The predicted molar refractivity (Wildman–Crippen MR) is 87.3 cm³/mol. The molecule has 2 aliphatic rings. The van der Waals surface area contributed by atoms with Gasteiger partial charge in [-0.05, 0) is 30.5 Å². The van der Waals surface area contributed by atoms with Crippen LogP contribution in [0.1, 0.15) is 43.1 Å². The van der Waals surface area contributed by atoms with E-state index in [0.29, 0.717) is 6.42 Å². The Morgan fingerprint density at radius 3 is 1.83 bits per heavy atom. The zero-order valence-electron chi connectivity index (χ0n) is 13.1. The number of allylic oxidation sites excluding steroid dienone is 2. The smallest absolute Gasteiger partial charge is 0.328 e. The van der Waals surface area contributed by atoms with Crippen molar-refractivity contribution in [3.63, 3.8) is 0 Å². The van der Waals surface area contributed by atoms with E-state index >= 15 is 0 Å². The van der Waals surface area contributed by atoms with Gasteiger partial charge in [-0.3, -0.25) is 0 Å². The minimum absolute atomic E-state index is 0.176. The van der Waals surface area contributed by atoms with Gasteiger partial charge >= 0.3 is 5.97 Å². The lowest BCUT2D eigenvalue weighted by Crippen LogP contribution is -2.35. The Morgan fingerprint density at radius 2 is 1.35 bits per heavy atom. The second kappa shape index (κ2) is 5.84. The molecule has 0 radical (unpaired) electrons. The Morgan fingerprint density at radius 1 is 0.826 bits per heavy atom. The molecule has 3 heteroatoms. The molecule has 0 aliphatic carbocycles. The first-order valence-corrected chi connectivity index (χ1v) is 8.07. The highest BCUT2D eigenvalue weighted by Gasteiger charge is 2.51. The molecular weight excluding hydrogens is 288 g/mol. The maximum absolute atomic E-state index is 6.33. The van der Waals surface area contributed by atoms with Gasteiger partial charge in [-0.25, -0.2) is 0 Å². The van der Waals surface area contributed by atoms with E-state index in [1.54, 1.807) is 0 Å². The van der Waals surface area contributed by atoms with Gasteiger partial charge < -0.3 is 14.2 Å². The molecule has 1 unspecified atom stereocenters. The molecule has 118 valence electrons. The third-order valence-electron chi connectivity index (χ3n) is 4.34. The van der Waals surface area contributed by atoms with Crippen LogP contribution in [0, 0.1) is 0 Å². The second-order valence-electron chi connectivity index (χ2n) is 6.04. The summed E-state index contributed by atoms with van der Waals surface area (Å²) < 4.78 is 18.6. The first-order chi connectivity index (χ1) is 11.3. The minimum atomic E-state index is -0.972. The predicted octanol–water partition coefficient (Wildman–Crippen LogP) is 4.88. The van der Waals surface area contributed by atoms with Gasteiger partial charge in [0, 0.05) is 6.42 Å². The van der Waals surface area contributed by atoms with Crippen molar-refractivity contribution in [2.24, 2.45) is 0 Å². The Labute approximate surface area is 136 Å². The van der Waals surface area contributed by atoms with Crippen LogP contribution >= 0.6 is 0 Å². The van der Waals surface area contributed by atoms with E-state index in [-0.39, 0.29) is 12.2 Å². The van der Waals surface area contributed by atoms with Crippen molar-refractivity contribution in [1.29, 1.82) is 0 Å². The highest BCUT2D eigenvalue weighted by atomic mass is 16.9. The highest BCUT2D eigenvalue weighted by molar-refractivity contribution is 5.26. The van der Waals surface area contributed by atoms with Gasteiger partial charge in [0.2, 0.25) is 0 Å². The maximum atomic E-state index is 6.33. The molecule has 1 spiro atoms. The SMILES string of the molecule is CC1=CCCC2(O1)O[C@H](c1ccccc1)[C@H](c1ccccc1)O2. The average Bonchev–Trinajstić information content (AvgIpc) is 2.95. The normalized spacial score (nSPS) is 30.0. The molecule has 3 atom stereocenters. The molecule has 4 rings (SSSR count). The molecule has 2 aromatic rings. The van der Waals surface area contributed by atoms with E-state index in [9.17, 15) is 0 Å². The monoisotopic (exact) mass is 308 g/mol. The van der Waals surface area contributed by atoms with E-state index in [0.717, 1.165) is 23.3 Å². The summed E-state index contributed by atoms with van der Waals surface area (Å²) in [5, 5.41) is 0. The van der Waals surface area contributed by atoms with Gasteiger partial charge in [-0.15, -0.1) is 0 Å². The molecular formula is C20H20O3. The van der Waals surface area contributed by atoms with E-state index in [1.807, 2.05) is 43.3 Å². The standard InChI is InChI=1S/C20H20O3/c1-15-9-8-14-20(21-15)22-18(16-10-4-2-5-11-16)19(23-20)17-12-6-3-7-13-17/h2-7,9-13,18-19H,8,14H2,1H3/t18-,19+,20?. The van der Waals surface area contributed by atoms with Gasteiger partial charge in [0.25, 0.3) is 0 Å². The fourth-order valence-corrected chi connectivity index (χ4v) is 3.27. The summed E-state index contributed by atoms with van der Waals surface area (Å²) in [6.45, 7) is 1.95. The number of benzene rings is 2. The van der Waals surface area contributed by atoms with Crippen molar-refractivity contribution in [3.05, 3.63) is 83.6 Å². The third-order valence-corrected chi connectivity index (χ3v) is 4.34. The molecule has 0 saturated carbocycles. The summed E-state index contributed by atoms with van der Waals surface area (Å²) in [6.07, 6.45) is 3.32. The largest absolute Gasteiger partial charge is 0.444 e. The molecule has 0 amide bonds. The van der Waals surface area contributed by atoms with Gasteiger partial charge in [0.15, 0.2) is 0 Å². The van der Waals surface area contributed by atoms with Crippen molar-refractivity contribution in [3.8, 4) is 0 Å². The van der Waals surface area contributed by atoms with Crippen molar-refractivity contribution in [1.82, 2.24) is 0 Å². The van der Waals surface area contributed by atoms with Crippen molar-refractivity contribution in [2.75, 3.05) is 0 Å². The first kappa shape index (κ1) is 14.5. The van der Waals surface area contributed by atoms with Crippen LogP contribution in [0.3, 0.4) is 0 Å². The van der Waals surface area contributed by atoms with Crippen molar-refractivity contribution < 1.29 is 14.2 Å². The van der Waals surface area contributed by atoms with E-state index in [4.69, 9.17) is 14.2 Å². The number of hydrogen-bond acceptors (Lipinski definition) is 3. The Bertz CT molecular complexity index is 646. The van der Waals surface area contributed by atoms with Crippen molar-refractivity contribution in [2.45, 2.75) is 37.9 Å². The number of rotatable bonds is 2. The lowest BCUT2D eigenvalue weighted by Gasteiger charge is -2.31. The summed E-state index contributed by atoms with van der Waals surface area (Å²) in [6, 6.07) is 20.4. The van der Waals surface area contributed by atoms with Crippen molar-refractivity contribution >= 4 is 0 Å². The molecule has 2 aliphatic heterocycles. The van der Waals surface area contributed by atoms with Crippen LogP contribution in [0.5, 0.6) is 0 Å². The van der Waals surface area contributed by atoms with E-state index < -0.39 is 5.97 Å². The zero-order chi connectivity index (χ0) is 15.7. The summed E-state index contributed by atoms with van der Waals surface area (Å²) >= 11 is 0. The van der Waals surface area contributed by atoms with E-state index in [1.165, 1.54) is 0 Å². The Hall–Kier alpha value is -2.10. The summed E-state index contributed by atoms with van der Waals surface area (Å²) in [5.74, 6) is -0.114. The van der Waals surface area contributed by atoms with Crippen LogP contribution in [-0.4, -0.2) is 5.97 Å².